The second-order valence-electron chi connectivity index (χ2n) is 4.01. The van der Waals surface area contributed by atoms with Crippen molar-refractivity contribution in [1.82, 2.24) is 4.31 Å². The number of hydrogen-bond acceptors (Lipinski definition) is 3. The lowest BCUT2D eigenvalue weighted by Gasteiger charge is -2.26. The predicted molar refractivity (Wildman–Crippen MR) is 55.6 cm³/mol. The van der Waals surface area contributed by atoms with Crippen LogP contribution in [0.25, 0.3) is 0 Å². The van der Waals surface area contributed by atoms with Gasteiger partial charge in [0.15, 0.2) is 0 Å². The number of sulfonamides is 1. The van der Waals surface area contributed by atoms with Crippen molar-refractivity contribution in [2.75, 3.05) is 32.1 Å². The predicted octanol–water partition coefficient (Wildman–Crippen LogP) is 0.695. The van der Waals surface area contributed by atoms with Crippen LogP contribution in [0.3, 0.4) is 0 Å². The Balaban J connectivity index is 2.46. The summed E-state index contributed by atoms with van der Waals surface area (Å²) >= 11 is 0. The van der Waals surface area contributed by atoms with E-state index in [4.69, 9.17) is 4.74 Å². The molecule has 0 aromatic carbocycles. The quantitative estimate of drug-likeness (QED) is 0.702. The van der Waals surface area contributed by atoms with Gasteiger partial charge in [-0.3, -0.25) is 0 Å². The lowest BCUT2D eigenvalue weighted by Crippen LogP contribution is -2.41. The van der Waals surface area contributed by atoms with Crippen LogP contribution in [0, 0.1) is 5.92 Å². The summed E-state index contributed by atoms with van der Waals surface area (Å²) in [7, 11) is -3.03. The molecule has 0 amide bonds. The van der Waals surface area contributed by atoms with Crippen molar-refractivity contribution in [1.29, 1.82) is 0 Å². The van der Waals surface area contributed by atoms with Crippen LogP contribution in [0.15, 0.2) is 0 Å². The summed E-state index contributed by atoms with van der Waals surface area (Å²) in [4.78, 5) is 0. The van der Waals surface area contributed by atoms with Crippen molar-refractivity contribution < 1.29 is 13.2 Å². The standard InChI is InChI=1S/C9H19NO3S/c1-9(2)3-8-14(11,12)10-4-6-13-7-5-10/h9H,3-8H2,1-2H3. The van der Waals surface area contributed by atoms with Gasteiger partial charge in [-0.25, -0.2) is 8.42 Å². The Morgan fingerprint density at radius 1 is 1.29 bits per heavy atom. The summed E-state index contributed by atoms with van der Waals surface area (Å²) < 4.78 is 30.2. The van der Waals surface area contributed by atoms with Gasteiger partial charge in [0.1, 0.15) is 0 Å². The Hall–Kier alpha value is -0.130. The lowest BCUT2D eigenvalue weighted by atomic mass is 10.2. The molecular formula is C9H19NO3S. The van der Waals surface area contributed by atoms with Gasteiger partial charge >= 0.3 is 0 Å². The molecule has 0 radical (unpaired) electrons. The van der Waals surface area contributed by atoms with Crippen molar-refractivity contribution in [2.24, 2.45) is 5.92 Å². The molecule has 0 atom stereocenters. The minimum Gasteiger partial charge on any atom is -0.379 e. The summed E-state index contributed by atoms with van der Waals surface area (Å²) in [5, 5.41) is 0. The van der Waals surface area contributed by atoms with Crippen LogP contribution in [0.5, 0.6) is 0 Å². The van der Waals surface area contributed by atoms with Gasteiger partial charge in [0.2, 0.25) is 10.0 Å². The highest BCUT2D eigenvalue weighted by molar-refractivity contribution is 7.89. The number of ether oxygens (including phenoxy) is 1. The molecule has 0 N–H and O–H groups in total. The van der Waals surface area contributed by atoms with E-state index in [1.54, 1.807) is 4.31 Å². The molecule has 0 saturated carbocycles. The zero-order valence-corrected chi connectivity index (χ0v) is 9.72. The summed E-state index contributed by atoms with van der Waals surface area (Å²) in [6.45, 7) is 6.16. The van der Waals surface area contributed by atoms with Gasteiger partial charge < -0.3 is 4.74 Å². The van der Waals surface area contributed by atoms with E-state index in [-0.39, 0.29) is 5.75 Å². The molecule has 84 valence electrons. The Morgan fingerprint density at radius 2 is 1.86 bits per heavy atom. The lowest BCUT2D eigenvalue weighted by molar-refractivity contribution is 0.0730. The fourth-order valence-electron chi connectivity index (χ4n) is 1.34. The maximum absolute atomic E-state index is 11.8. The van der Waals surface area contributed by atoms with Gasteiger partial charge in [-0.15, -0.1) is 0 Å². The van der Waals surface area contributed by atoms with Gasteiger partial charge in [0.25, 0.3) is 0 Å². The normalized spacial score (nSPS) is 20.2. The first-order valence-electron chi connectivity index (χ1n) is 5.08. The van der Waals surface area contributed by atoms with Crippen LogP contribution in [-0.2, 0) is 14.8 Å². The van der Waals surface area contributed by atoms with Gasteiger partial charge in [-0.2, -0.15) is 4.31 Å². The average Bonchev–Trinajstić information content (AvgIpc) is 2.16. The van der Waals surface area contributed by atoms with Crippen molar-refractivity contribution in [3.63, 3.8) is 0 Å². The Labute approximate surface area is 86.3 Å². The smallest absolute Gasteiger partial charge is 0.214 e. The number of hydrogen-bond donors (Lipinski definition) is 0. The molecule has 0 unspecified atom stereocenters. The first kappa shape index (κ1) is 11.9. The molecule has 5 heteroatoms. The van der Waals surface area contributed by atoms with E-state index in [2.05, 4.69) is 0 Å². The van der Waals surface area contributed by atoms with Gasteiger partial charge in [-0.1, -0.05) is 13.8 Å². The third kappa shape index (κ3) is 3.55. The van der Waals surface area contributed by atoms with Crippen molar-refractivity contribution >= 4 is 10.0 Å². The average molecular weight is 221 g/mol. The van der Waals surface area contributed by atoms with Crippen molar-refractivity contribution in [3.8, 4) is 0 Å². The first-order chi connectivity index (χ1) is 6.52. The van der Waals surface area contributed by atoms with Crippen LogP contribution < -0.4 is 0 Å². The van der Waals surface area contributed by atoms with E-state index in [1.807, 2.05) is 13.8 Å². The Kier molecular flexibility index (Phi) is 4.34. The highest BCUT2D eigenvalue weighted by Gasteiger charge is 2.23. The number of morpholine rings is 1. The van der Waals surface area contributed by atoms with Crippen LogP contribution >= 0.6 is 0 Å². The maximum Gasteiger partial charge on any atom is 0.214 e. The largest absolute Gasteiger partial charge is 0.379 e. The molecule has 1 aliphatic heterocycles. The fourth-order valence-corrected chi connectivity index (χ4v) is 3.07. The van der Waals surface area contributed by atoms with E-state index >= 15 is 0 Å². The minimum atomic E-state index is -3.03. The molecule has 1 saturated heterocycles. The molecule has 14 heavy (non-hydrogen) atoms. The van der Waals surface area contributed by atoms with Crippen LogP contribution in [0.1, 0.15) is 20.3 Å². The van der Waals surface area contributed by atoms with E-state index in [9.17, 15) is 8.42 Å². The number of nitrogens with zero attached hydrogens (tertiary/aromatic N) is 1. The third-order valence-electron chi connectivity index (χ3n) is 2.32. The zero-order valence-electron chi connectivity index (χ0n) is 8.90. The van der Waals surface area contributed by atoms with Gasteiger partial charge in [-0.05, 0) is 12.3 Å². The second-order valence-corrected chi connectivity index (χ2v) is 6.10. The molecule has 0 aromatic heterocycles. The molecule has 0 aromatic rings. The van der Waals surface area contributed by atoms with Gasteiger partial charge in [0, 0.05) is 13.1 Å². The zero-order chi connectivity index (χ0) is 10.6. The second kappa shape index (κ2) is 5.09. The van der Waals surface area contributed by atoms with Crippen molar-refractivity contribution in [3.05, 3.63) is 0 Å². The van der Waals surface area contributed by atoms with E-state index in [0.29, 0.717) is 32.2 Å². The molecular weight excluding hydrogens is 202 g/mol. The molecule has 0 spiro atoms. The minimum absolute atomic E-state index is 0.269. The first-order valence-corrected chi connectivity index (χ1v) is 6.69. The van der Waals surface area contributed by atoms with Crippen molar-refractivity contribution in [2.45, 2.75) is 20.3 Å². The van der Waals surface area contributed by atoms with Crippen LogP contribution in [0.2, 0.25) is 0 Å². The van der Waals surface area contributed by atoms with Crippen LogP contribution in [0.4, 0.5) is 0 Å². The van der Waals surface area contributed by atoms with Gasteiger partial charge in [0.05, 0.1) is 19.0 Å². The molecule has 0 bridgehead atoms. The molecule has 1 fully saturated rings. The summed E-state index contributed by atoms with van der Waals surface area (Å²) in [6, 6.07) is 0. The topological polar surface area (TPSA) is 46.6 Å². The molecule has 4 nitrogen and oxygen atoms in total. The maximum atomic E-state index is 11.8. The molecule has 1 heterocycles. The summed E-state index contributed by atoms with van der Waals surface area (Å²) in [5.74, 6) is 0.704. The molecule has 1 aliphatic rings. The summed E-state index contributed by atoms with van der Waals surface area (Å²) in [6.07, 6.45) is 0.736. The highest BCUT2D eigenvalue weighted by Crippen LogP contribution is 2.09. The molecule has 0 aliphatic carbocycles. The van der Waals surface area contributed by atoms with E-state index in [1.165, 1.54) is 0 Å². The Bertz CT molecular complexity index is 255. The number of rotatable bonds is 4. The fraction of sp³-hybridized carbons (Fsp3) is 1.00. The van der Waals surface area contributed by atoms with E-state index < -0.39 is 10.0 Å². The summed E-state index contributed by atoms with van der Waals surface area (Å²) in [5.41, 5.74) is 0. The van der Waals surface area contributed by atoms with E-state index in [0.717, 1.165) is 6.42 Å². The molecule has 1 rings (SSSR count). The highest BCUT2D eigenvalue weighted by atomic mass is 32.2. The Morgan fingerprint density at radius 3 is 2.36 bits per heavy atom. The van der Waals surface area contributed by atoms with Crippen LogP contribution in [-0.4, -0.2) is 44.8 Å². The monoisotopic (exact) mass is 221 g/mol. The SMILES string of the molecule is CC(C)CCS(=O)(=O)N1CCOCC1. The third-order valence-corrected chi connectivity index (χ3v) is 4.22.